The molecule has 6 heteroatoms. The van der Waals surface area contributed by atoms with Gasteiger partial charge < -0.3 is 5.32 Å². The van der Waals surface area contributed by atoms with Gasteiger partial charge in [-0.15, -0.1) is 11.3 Å². The van der Waals surface area contributed by atoms with Gasteiger partial charge in [0, 0.05) is 22.7 Å². The molecule has 0 aliphatic rings. The molecule has 0 aliphatic heterocycles. The van der Waals surface area contributed by atoms with Crippen molar-refractivity contribution < 1.29 is 9.59 Å². The maximum atomic E-state index is 12.2. The summed E-state index contributed by atoms with van der Waals surface area (Å²) in [6.45, 7) is 5.39. The van der Waals surface area contributed by atoms with E-state index < -0.39 is 0 Å². The first kappa shape index (κ1) is 17.8. The Labute approximate surface area is 148 Å². The summed E-state index contributed by atoms with van der Waals surface area (Å²) in [6.07, 6.45) is 0. The average molecular weight is 395 g/mol. The minimum atomic E-state index is -0.0804. The maximum absolute atomic E-state index is 12.2. The number of hydrogen-bond acceptors (Lipinski definition) is 4. The van der Waals surface area contributed by atoms with Crippen LogP contribution in [0.25, 0.3) is 0 Å². The number of nitrogens with zero attached hydrogens (tertiary/aromatic N) is 1. The molecule has 0 unspecified atom stereocenters. The van der Waals surface area contributed by atoms with Crippen molar-refractivity contribution in [3.63, 3.8) is 0 Å². The summed E-state index contributed by atoms with van der Waals surface area (Å²) in [5, 5.41) is 2.85. The van der Waals surface area contributed by atoms with Gasteiger partial charge in [0.25, 0.3) is 0 Å². The largest absolute Gasteiger partial charge is 0.325 e. The Kier molecular flexibility index (Phi) is 6.50. The predicted molar refractivity (Wildman–Crippen MR) is 98.0 cm³/mol. The lowest BCUT2D eigenvalue weighted by molar-refractivity contribution is -0.117. The second-order valence-corrected chi connectivity index (χ2v) is 7.74. The summed E-state index contributed by atoms with van der Waals surface area (Å²) in [5.74, 6) is -0.0947. The normalized spacial score (nSPS) is 10.8. The highest BCUT2D eigenvalue weighted by atomic mass is 79.9. The first-order chi connectivity index (χ1) is 11.0. The summed E-state index contributed by atoms with van der Waals surface area (Å²) in [4.78, 5) is 26.9. The highest BCUT2D eigenvalue weighted by Gasteiger charge is 2.11. The van der Waals surface area contributed by atoms with Crippen LogP contribution in [0.2, 0.25) is 0 Å². The Morgan fingerprint density at radius 1 is 1.26 bits per heavy atom. The fourth-order valence-corrected chi connectivity index (χ4v) is 3.68. The molecule has 0 spiro atoms. The Balaban J connectivity index is 1.94. The van der Waals surface area contributed by atoms with E-state index in [0.29, 0.717) is 17.8 Å². The molecule has 0 atom stereocenters. The zero-order valence-corrected chi connectivity index (χ0v) is 15.5. The molecule has 23 heavy (non-hydrogen) atoms. The van der Waals surface area contributed by atoms with Crippen molar-refractivity contribution in [2.24, 2.45) is 0 Å². The second kappa shape index (κ2) is 8.38. The Hall–Kier alpha value is -1.50. The summed E-state index contributed by atoms with van der Waals surface area (Å²) < 4.78 is 1.09. The van der Waals surface area contributed by atoms with Crippen molar-refractivity contribution >= 4 is 44.6 Å². The molecule has 122 valence electrons. The zero-order valence-electron chi connectivity index (χ0n) is 13.1. The van der Waals surface area contributed by atoms with Gasteiger partial charge in [0.2, 0.25) is 5.91 Å². The Bertz CT molecular complexity index is 699. The van der Waals surface area contributed by atoms with E-state index in [2.05, 4.69) is 32.2 Å². The fourth-order valence-electron chi connectivity index (χ4n) is 2.16. The molecule has 1 amide bonds. The number of carbonyl (C=O) groups is 2. The van der Waals surface area contributed by atoms with E-state index >= 15 is 0 Å². The SMILES string of the molecule is CCN(CC(=O)Nc1cccc(C(C)=O)c1)Cc1ccc(Br)s1. The minimum absolute atomic E-state index is 0.0143. The second-order valence-electron chi connectivity index (χ2n) is 5.19. The highest BCUT2D eigenvalue weighted by Crippen LogP contribution is 2.23. The monoisotopic (exact) mass is 394 g/mol. The van der Waals surface area contributed by atoms with Crippen LogP contribution in [-0.2, 0) is 11.3 Å². The number of thiophene rings is 1. The molecular weight excluding hydrogens is 376 g/mol. The van der Waals surface area contributed by atoms with E-state index in [1.807, 2.05) is 13.0 Å². The van der Waals surface area contributed by atoms with Crippen molar-refractivity contribution in [1.29, 1.82) is 0 Å². The molecule has 1 aromatic carbocycles. The van der Waals surface area contributed by atoms with Crippen LogP contribution in [0.15, 0.2) is 40.2 Å². The molecule has 0 aliphatic carbocycles. The average Bonchev–Trinajstić information content (AvgIpc) is 2.91. The lowest BCUT2D eigenvalue weighted by Gasteiger charge is -2.19. The lowest BCUT2D eigenvalue weighted by atomic mass is 10.1. The van der Waals surface area contributed by atoms with Crippen LogP contribution in [-0.4, -0.2) is 29.7 Å². The van der Waals surface area contributed by atoms with Gasteiger partial charge in [0.1, 0.15) is 0 Å². The third kappa shape index (κ3) is 5.57. The van der Waals surface area contributed by atoms with Gasteiger partial charge >= 0.3 is 0 Å². The van der Waals surface area contributed by atoms with Crippen molar-refractivity contribution in [2.45, 2.75) is 20.4 Å². The number of halogens is 1. The highest BCUT2D eigenvalue weighted by molar-refractivity contribution is 9.11. The number of benzene rings is 1. The van der Waals surface area contributed by atoms with Gasteiger partial charge in [-0.25, -0.2) is 0 Å². The number of anilines is 1. The van der Waals surface area contributed by atoms with Crippen LogP contribution >= 0.6 is 27.3 Å². The minimum Gasteiger partial charge on any atom is -0.325 e. The molecule has 0 saturated carbocycles. The van der Waals surface area contributed by atoms with Crippen LogP contribution in [0.1, 0.15) is 29.1 Å². The van der Waals surface area contributed by atoms with Gasteiger partial charge in [0.05, 0.1) is 10.3 Å². The predicted octanol–water partition coefficient (Wildman–Crippen LogP) is 4.17. The molecule has 0 bridgehead atoms. The van der Waals surface area contributed by atoms with Crippen LogP contribution in [0.4, 0.5) is 5.69 Å². The third-order valence-corrected chi connectivity index (χ3v) is 4.98. The molecule has 4 nitrogen and oxygen atoms in total. The number of hydrogen-bond donors (Lipinski definition) is 1. The van der Waals surface area contributed by atoms with E-state index in [1.165, 1.54) is 11.8 Å². The first-order valence-electron chi connectivity index (χ1n) is 7.35. The molecule has 1 heterocycles. The van der Waals surface area contributed by atoms with E-state index in [9.17, 15) is 9.59 Å². The maximum Gasteiger partial charge on any atom is 0.238 e. The van der Waals surface area contributed by atoms with Crippen LogP contribution in [0, 0.1) is 0 Å². The van der Waals surface area contributed by atoms with E-state index in [1.54, 1.807) is 35.6 Å². The van der Waals surface area contributed by atoms with Gasteiger partial charge in [-0.1, -0.05) is 19.1 Å². The third-order valence-electron chi connectivity index (χ3n) is 3.38. The molecule has 2 rings (SSSR count). The van der Waals surface area contributed by atoms with Crippen molar-refractivity contribution in [2.75, 3.05) is 18.4 Å². The van der Waals surface area contributed by atoms with Crippen molar-refractivity contribution in [1.82, 2.24) is 4.90 Å². The standard InChI is InChI=1S/C17H19BrN2O2S/c1-3-20(10-15-7-8-16(18)23-15)11-17(22)19-14-6-4-5-13(9-14)12(2)21/h4-9H,3,10-11H2,1-2H3,(H,19,22). The number of rotatable bonds is 7. The molecule has 2 aromatic rings. The number of likely N-dealkylation sites (N-methyl/N-ethyl adjacent to an activating group) is 1. The van der Waals surface area contributed by atoms with Crippen LogP contribution < -0.4 is 5.32 Å². The van der Waals surface area contributed by atoms with Crippen LogP contribution in [0.5, 0.6) is 0 Å². The summed E-state index contributed by atoms with van der Waals surface area (Å²) in [7, 11) is 0. The smallest absolute Gasteiger partial charge is 0.238 e. The van der Waals surface area contributed by atoms with E-state index in [0.717, 1.165) is 16.9 Å². The van der Waals surface area contributed by atoms with Crippen molar-refractivity contribution in [3.05, 3.63) is 50.6 Å². The van der Waals surface area contributed by atoms with Crippen molar-refractivity contribution in [3.8, 4) is 0 Å². The quantitative estimate of drug-likeness (QED) is 0.716. The number of amides is 1. The first-order valence-corrected chi connectivity index (χ1v) is 8.96. The van der Waals surface area contributed by atoms with Crippen LogP contribution in [0.3, 0.4) is 0 Å². The summed E-state index contributed by atoms with van der Waals surface area (Å²) in [5.41, 5.74) is 1.25. The number of ketones is 1. The Morgan fingerprint density at radius 2 is 2.04 bits per heavy atom. The number of carbonyl (C=O) groups excluding carboxylic acids is 2. The van der Waals surface area contributed by atoms with Gasteiger partial charge in [-0.3, -0.25) is 14.5 Å². The lowest BCUT2D eigenvalue weighted by Crippen LogP contribution is -2.32. The van der Waals surface area contributed by atoms with Gasteiger partial charge in [-0.05, 0) is 53.7 Å². The summed E-state index contributed by atoms with van der Waals surface area (Å²) >= 11 is 5.12. The van der Waals surface area contributed by atoms with E-state index in [-0.39, 0.29) is 11.7 Å². The topological polar surface area (TPSA) is 49.4 Å². The van der Waals surface area contributed by atoms with E-state index in [4.69, 9.17) is 0 Å². The number of Topliss-reactive ketones (excluding diaryl/α,β-unsaturated/α-hetero) is 1. The van der Waals surface area contributed by atoms with Gasteiger partial charge in [0.15, 0.2) is 5.78 Å². The molecule has 1 N–H and O–H groups in total. The molecule has 1 aromatic heterocycles. The molecule has 0 fully saturated rings. The zero-order chi connectivity index (χ0) is 16.8. The van der Waals surface area contributed by atoms with Gasteiger partial charge in [-0.2, -0.15) is 0 Å². The number of nitrogens with one attached hydrogen (secondary N) is 1. The molecule has 0 saturated heterocycles. The molecular formula is C17H19BrN2O2S. The molecule has 0 radical (unpaired) electrons. The Morgan fingerprint density at radius 3 is 2.65 bits per heavy atom. The fraction of sp³-hybridized carbons (Fsp3) is 0.294. The summed E-state index contributed by atoms with van der Waals surface area (Å²) in [6, 6.07) is 11.1.